The first-order valence-corrected chi connectivity index (χ1v) is 12.6. The second-order valence-corrected chi connectivity index (χ2v) is 9.46. The lowest BCUT2D eigenvalue weighted by Crippen LogP contribution is -2.47. The van der Waals surface area contributed by atoms with E-state index in [4.69, 9.17) is 9.68 Å². The number of nitrogens with one attached hydrogen (secondary N) is 2. The predicted octanol–water partition coefficient (Wildman–Crippen LogP) is 4.08. The van der Waals surface area contributed by atoms with Crippen molar-refractivity contribution in [3.05, 3.63) is 71.4 Å². The SMILES string of the molecule is Cc1ccccc1N1CCN(c2ccc(C(=O)NCCC#N)cc2NC(=O)c2coc(C3CC3)n2)CC1. The lowest BCUT2D eigenvalue weighted by Gasteiger charge is -2.38. The number of benzene rings is 2. The molecule has 37 heavy (non-hydrogen) atoms. The lowest BCUT2D eigenvalue weighted by atomic mass is 10.1. The van der Waals surface area contributed by atoms with Crippen LogP contribution in [-0.4, -0.2) is 49.5 Å². The number of aryl methyl sites for hydroxylation is 1. The topological polar surface area (TPSA) is 114 Å². The summed E-state index contributed by atoms with van der Waals surface area (Å²) in [5, 5.41) is 14.5. The van der Waals surface area contributed by atoms with E-state index in [0.29, 0.717) is 23.1 Å². The average molecular weight is 499 g/mol. The van der Waals surface area contributed by atoms with Crippen molar-refractivity contribution in [2.75, 3.05) is 47.8 Å². The second-order valence-electron chi connectivity index (χ2n) is 9.46. The van der Waals surface area contributed by atoms with Gasteiger partial charge < -0.3 is 24.9 Å². The van der Waals surface area contributed by atoms with Crippen LogP contribution in [0.4, 0.5) is 17.1 Å². The van der Waals surface area contributed by atoms with Gasteiger partial charge in [0.15, 0.2) is 11.6 Å². The second kappa shape index (κ2) is 10.7. The number of carbonyl (C=O) groups is 2. The van der Waals surface area contributed by atoms with Crippen molar-refractivity contribution in [3.63, 3.8) is 0 Å². The smallest absolute Gasteiger partial charge is 0.277 e. The van der Waals surface area contributed by atoms with Gasteiger partial charge in [0.25, 0.3) is 11.8 Å². The normalized spacial score (nSPS) is 15.2. The van der Waals surface area contributed by atoms with Gasteiger partial charge >= 0.3 is 0 Å². The standard InChI is InChI=1S/C28H30N6O3/c1-19-5-2-3-6-24(19)33-13-15-34(16-14-33)25-10-9-21(26(35)30-12-4-11-29)17-22(25)31-27(36)23-18-37-28(32-23)20-7-8-20/h2-3,5-6,9-10,17-18,20H,4,7-8,12-16H2,1H3,(H,30,35)(H,31,36). The third-order valence-corrected chi connectivity index (χ3v) is 6.79. The van der Waals surface area contributed by atoms with Crippen LogP contribution in [0.2, 0.25) is 0 Å². The molecule has 0 spiro atoms. The highest BCUT2D eigenvalue weighted by Crippen LogP contribution is 2.39. The molecule has 1 aromatic heterocycles. The van der Waals surface area contributed by atoms with Gasteiger partial charge in [0.1, 0.15) is 6.26 Å². The number of hydrogen-bond acceptors (Lipinski definition) is 7. The van der Waals surface area contributed by atoms with Crippen molar-refractivity contribution in [1.82, 2.24) is 10.3 Å². The van der Waals surface area contributed by atoms with Gasteiger partial charge in [-0.1, -0.05) is 18.2 Å². The fraction of sp³-hybridized carbons (Fsp3) is 0.357. The van der Waals surface area contributed by atoms with E-state index >= 15 is 0 Å². The number of aromatic nitrogens is 1. The first kappa shape index (κ1) is 24.4. The first-order chi connectivity index (χ1) is 18.0. The molecule has 0 radical (unpaired) electrons. The number of para-hydroxylation sites is 1. The number of carbonyl (C=O) groups excluding carboxylic acids is 2. The number of hydrogen-bond donors (Lipinski definition) is 2. The number of amides is 2. The van der Waals surface area contributed by atoms with Crippen molar-refractivity contribution < 1.29 is 14.0 Å². The molecule has 2 aliphatic rings. The minimum atomic E-state index is -0.377. The summed E-state index contributed by atoms with van der Waals surface area (Å²) < 4.78 is 5.50. The quantitative estimate of drug-likeness (QED) is 0.450. The molecule has 190 valence electrons. The Morgan fingerprint density at radius 1 is 1.05 bits per heavy atom. The van der Waals surface area contributed by atoms with Crippen molar-refractivity contribution in [2.24, 2.45) is 0 Å². The van der Waals surface area contributed by atoms with E-state index in [1.807, 2.05) is 18.2 Å². The van der Waals surface area contributed by atoms with Crippen LogP contribution in [0.5, 0.6) is 0 Å². The van der Waals surface area contributed by atoms with E-state index in [1.54, 1.807) is 12.1 Å². The zero-order valence-electron chi connectivity index (χ0n) is 20.9. The van der Waals surface area contributed by atoms with Crippen molar-refractivity contribution in [3.8, 4) is 6.07 Å². The molecule has 0 atom stereocenters. The van der Waals surface area contributed by atoms with Crippen LogP contribution in [0.15, 0.2) is 53.1 Å². The first-order valence-electron chi connectivity index (χ1n) is 12.6. The van der Waals surface area contributed by atoms with E-state index in [1.165, 1.54) is 17.5 Å². The Kier molecular flexibility index (Phi) is 7.08. The largest absolute Gasteiger partial charge is 0.448 e. The van der Waals surface area contributed by atoms with Gasteiger partial charge in [0.05, 0.1) is 23.9 Å². The molecular formula is C28H30N6O3. The van der Waals surface area contributed by atoms with Crippen LogP contribution < -0.4 is 20.4 Å². The summed E-state index contributed by atoms with van der Waals surface area (Å²) in [6.45, 7) is 5.59. The number of rotatable bonds is 8. The van der Waals surface area contributed by atoms with Crippen molar-refractivity contribution in [2.45, 2.75) is 32.1 Å². The van der Waals surface area contributed by atoms with E-state index < -0.39 is 0 Å². The molecule has 9 heteroatoms. The van der Waals surface area contributed by atoms with Crippen LogP contribution in [0.25, 0.3) is 0 Å². The molecule has 3 aromatic rings. The van der Waals surface area contributed by atoms with E-state index in [-0.39, 0.29) is 30.5 Å². The number of oxazole rings is 1. The third-order valence-electron chi connectivity index (χ3n) is 6.79. The van der Waals surface area contributed by atoms with E-state index in [9.17, 15) is 9.59 Å². The minimum Gasteiger partial charge on any atom is -0.448 e. The molecule has 9 nitrogen and oxygen atoms in total. The number of piperazine rings is 1. The molecule has 1 aliphatic heterocycles. The monoisotopic (exact) mass is 498 g/mol. The Hall–Kier alpha value is -4.32. The predicted molar refractivity (Wildman–Crippen MR) is 141 cm³/mol. The fourth-order valence-electron chi connectivity index (χ4n) is 4.59. The summed E-state index contributed by atoms with van der Waals surface area (Å²) in [5.74, 6) is 0.238. The average Bonchev–Trinajstić information content (AvgIpc) is 3.65. The highest BCUT2D eigenvalue weighted by molar-refractivity contribution is 6.06. The molecule has 0 bridgehead atoms. The Morgan fingerprint density at radius 2 is 1.78 bits per heavy atom. The Labute approximate surface area is 216 Å². The summed E-state index contributed by atoms with van der Waals surface area (Å²) in [6, 6.07) is 15.7. The maximum Gasteiger partial charge on any atom is 0.277 e. The maximum absolute atomic E-state index is 13.1. The van der Waals surface area contributed by atoms with Crippen LogP contribution in [0.3, 0.4) is 0 Å². The lowest BCUT2D eigenvalue weighted by molar-refractivity contribution is 0.0953. The summed E-state index contributed by atoms with van der Waals surface area (Å²) in [7, 11) is 0. The molecule has 1 saturated carbocycles. The van der Waals surface area contributed by atoms with Gasteiger partial charge in [-0.25, -0.2) is 4.98 Å². The van der Waals surface area contributed by atoms with Gasteiger partial charge in [-0.15, -0.1) is 0 Å². The Morgan fingerprint density at radius 3 is 2.49 bits per heavy atom. The summed E-state index contributed by atoms with van der Waals surface area (Å²) >= 11 is 0. The van der Waals surface area contributed by atoms with Gasteiger partial charge in [0, 0.05) is 49.9 Å². The molecule has 2 fully saturated rings. The van der Waals surface area contributed by atoms with E-state index in [2.05, 4.69) is 50.5 Å². The van der Waals surface area contributed by atoms with Gasteiger partial charge in [-0.05, 0) is 49.6 Å². The maximum atomic E-state index is 13.1. The highest BCUT2D eigenvalue weighted by atomic mass is 16.3. The molecule has 2 N–H and O–H groups in total. The minimum absolute atomic E-state index is 0.223. The summed E-state index contributed by atoms with van der Waals surface area (Å²) in [5.41, 5.74) is 4.50. The van der Waals surface area contributed by atoms with E-state index in [0.717, 1.165) is 44.7 Å². The molecular weight excluding hydrogens is 468 g/mol. The molecule has 1 saturated heterocycles. The third kappa shape index (κ3) is 5.59. The fourth-order valence-corrected chi connectivity index (χ4v) is 4.59. The highest BCUT2D eigenvalue weighted by Gasteiger charge is 2.30. The summed E-state index contributed by atoms with van der Waals surface area (Å²) in [4.78, 5) is 34.7. The molecule has 2 heterocycles. The van der Waals surface area contributed by atoms with Gasteiger partial charge in [-0.2, -0.15) is 5.26 Å². The van der Waals surface area contributed by atoms with Crippen LogP contribution >= 0.6 is 0 Å². The zero-order valence-corrected chi connectivity index (χ0v) is 20.9. The summed E-state index contributed by atoms with van der Waals surface area (Å²) in [6.07, 6.45) is 3.68. The molecule has 1 aliphatic carbocycles. The van der Waals surface area contributed by atoms with Crippen LogP contribution in [0, 0.1) is 18.3 Å². The van der Waals surface area contributed by atoms with Crippen LogP contribution in [0.1, 0.15) is 57.5 Å². The van der Waals surface area contributed by atoms with Crippen LogP contribution in [-0.2, 0) is 0 Å². The van der Waals surface area contributed by atoms with Gasteiger partial charge in [-0.3, -0.25) is 9.59 Å². The number of anilines is 3. The molecule has 5 rings (SSSR count). The Balaban J connectivity index is 1.35. The molecule has 2 aromatic carbocycles. The van der Waals surface area contributed by atoms with Crippen molar-refractivity contribution in [1.29, 1.82) is 5.26 Å². The molecule has 0 unspecified atom stereocenters. The van der Waals surface area contributed by atoms with Crippen molar-refractivity contribution >= 4 is 28.9 Å². The van der Waals surface area contributed by atoms with Gasteiger partial charge in [0.2, 0.25) is 0 Å². The zero-order chi connectivity index (χ0) is 25.8. The molecule has 2 amide bonds. The Bertz CT molecular complexity index is 1330. The number of nitrogens with zero attached hydrogens (tertiary/aromatic N) is 4. The number of nitriles is 1.